The molecule has 17 nitrogen and oxygen atoms in total. The van der Waals surface area contributed by atoms with Crippen LogP contribution in [-0.2, 0) is 65.4 Å². The number of aliphatic hydroxyl groups excluding tert-OH is 1. The van der Waals surface area contributed by atoms with Crippen molar-refractivity contribution in [1.82, 2.24) is 0 Å². The summed E-state index contributed by atoms with van der Waals surface area (Å²) in [5.41, 5.74) is 0. The van der Waals surface area contributed by atoms with E-state index in [4.69, 9.17) is 37.0 Å². The highest BCUT2D eigenvalue weighted by Gasteiger charge is 2.30. The molecule has 0 aliphatic heterocycles. The van der Waals surface area contributed by atoms with Crippen LogP contribution >= 0.6 is 15.6 Å². The number of ether oxygens (including phenoxy) is 4. The van der Waals surface area contributed by atoms with Crippen LogP contribution in [0, 0.1) is 0 Å². The van der Waals surface area contributed by atoms with Crippen LogP contribution in [0.4, 0.5) is 0 Å². The Hall–Kier alpha value is -5.58. The number of hydrogen-bond donors (Lipinski definition) is 3. The van der Waals surface area contributed by atoms with Gasteiger partial charge in [0, 0.05) is 19.3 Å². The molecule has 0 radical (unpaired) electrons. The highest BCUT2D eigenvalue weighted by molar-refractivity contribution is 7.47. The summed E-state index contributed by atoms with van der Waals surface area (Å²) >= 11 is 0. The van der Waals surface area contributed by atoms with Gasteiger partial charge in [0.2, 0.25) is 0 Å². The van der Waals surface area contributed by atoms with Gasteiger partial charge in [-0.1, -0.05) is 268 Å². The number of unbranched alkanes of at least 4 members (excludes halogenated alkanes) is 19. The van der Waals surface area contributed by atoms with Gasteiger partial charge >= 0.3 is 39.5 Å². The zero-order valence-corrected chi connectivity index (χ0v) is 66.2. The van der Waals surface area contributed by atoms with E-state index >= 15 is 0 Å². The molecule has 0 heterocycles. The molecule has 0 saturated carbocycles. The molecule has 0 bridgehead atoms. The molecule has 5 atom stereocenters. The predicted molar refractivity (Wildman–Crippen MR) is 426 cm³/mol. The number of esters is 4. The van der Waals surface area contributed by atoms with Crippen molar-refractivity contribution in [3.8, 4) is 0 Å². The highest BCUT2D eigenvalue weighted by Crippen LogP contribution is 2.45. The van der Waals surface area contributed by atoms with Crippen molar-refractivity contribution in [1.29, 1.82) is 0 Å². The topological polar surface area (TPSA) is 237 Å². The molecular formula is C85H138O17P2. The minimum atomic E-state index is -5.02. The maximum Gasteiger partial charge on any atom is 0.472 e. The molecule has 0 aromatic carbocycles. The first-order valence-electron chi connectivity index (χ1n) is 39.4. The maximum atomic E-state index is 13.1. The Kier molecular flexibility index (Phi) is 71.6. The van der Waals surface area contributed by atoms with Gasteiger partial charge in [-0.25, -0.2) is 9.13 Å². The molecule has 0 saturated heterocycles. The minimum absolute atomic E-state index is 0.0676. The average molecular weight is 1490 g/mol. The van der Waals surface area contributed by atoms with Gasteiger partial charge in [-0.05, 0) is 161 Å². The number of carbonyl (C=O) groups excluding carboxylic acids is 4. The Morgan fingerprint density at radius 1 is 0.288 bits per heavy atom. The van der Waals surface area contributed by atoms with Gasteiger partial charge in [-0.2, -0.15) is 0 Å². The first-order chi connectivity index (χ1) is 50.7. The van der Waals surface area contributed by atoms with Crippen LogP contribution in [0.25, 0.3) is 0 Å². The number of phosphoric ester groups is 2. The van der Waals surface area contributed by atoms with E-state index in [9.17, 15) is 43.2 Å². The van der Waals surface area contributed by atoms with Crippen LogP contribution in [0.5, 0.6) is 0 Å². The van der Waals surface area contributed by atoms with Gasteiger partial charge in [-0.15, -0.1) is 0 Å². The third-order valence-electron chi connectivity index (χ3n) is 15.7. The summed E-state index contributed by atoms with van der Waals surface area (Å²) < 4.78 is 68.4. The van der Waals surface area contributed by atoms with Crippen molar-refractivity contribution in [2.24, 2.45) is 0 Å². The zero-order chi connectivity index (χ0) is 76.0. The Morgan fingerprint density at radius 3 is 0.865 bits per heavy atom. The second kappa shape index (κ2) is 75.6. The van der Waals surface area contributed by atoms with E-state index in [0.29, 0.717) is 25.7 Å². The van der Waals surface area contributed by atoms with E-state index in [1.54, 1.807) is 12.2 Å². The number of rotatable bonds is 72. The Morgan fingerprint density at radius 2 is 0.538 bits per heavy atom. The lowest BCUT2D eigenvalue weighted by atomic mass is 10.1. The van der Waals surface area contributed by atoms with Crippen molar-refractivity contribution in [2.75, 3.05) is 39.6 Å². The van der Waals surface area contributed by atoms with Gasteiger partial charge in [0.25, 0.3) is 0 Å². The Labute approximate surface area is 629 Å². The minimum Gasteiger partial charge on any atom is -0.462 e. The smallest absolute Gasteiger partial charge is 0.462 e. The lowest BCUT2D eigenvalue weighted by Gasteiger charge is -2.21. The predicted octanol–water partition coefficient (Wildman–Crippen LogP) is 23.0. The molecule has 0 spiro atoms. The fourth-order valence-electron chi connectivity index (χ4n) is 9.73. The summed E-state index contributed by atoms with van der Waals surface area (Å²) in [5.74, 6) is -2.40. The lowest BCUT2D eigenvalue weighted by molar-refractivity contribution is -0.161. The van der Waals surface area contributed by atoms with Gasteiger partial charge in [0.05, 0.1) is 32.8 Å². The molecular weight excluding hydrogens is 1350 g/mol. The van der Waals surface area contributed by atoms with E-state index in [1.165, 1.54) is 38.5 Å². The normalized spacial score (nSPS) is 14.8. The largest absolute Gasteiger partial charge is 0.472 e. The summed E-state index contributed by atoms with van der Waals surface area (Å²) in [7, 11) is -10.0. The van der Waals surface area contributed by atoms with E-state index in [-0.39, 0.29) is 25.7 Å². The van der Waals surface area contributed by atoms with Crippen LogP contribution in [0.15, 0.2) is 170 Å². The SMILES string of the molecule is CC/C=C\C/C=C\C/C=C\C/C=C\C/C=C\CCCCCC(=O)OCC(COP(=O)(O)OCC(O)COP(=O)(O)OCC(COC(=O)CCCCCCC/C=C\C/C=C\CCCCC)OC(=O)CCCCCCC/C=C\C/C=C\CCCCC)OC(=O)C/C=C\C/C=C\C/C=C\C/C=C\C/C=C\CC. The second-order valence-corrected chi connectivity index (χ2v) is 28.5. The first-order valence-corrected chi connectivity index (χ1v) is 42.4. The van der Waals surface area contributed by atoms with Gasteiger partial charge in [-0.3, -0.25) is 37.3 Å². The molecule has 0 aromatic heterocycles. The molecule has 0 aliphatic rings. The number of allylic oxidation sites excluding steroid dienone is 27. The third kappa shape index (κ3) is 74.7. The Bertz CT molecular complexity index is 2640. The molecule has 590 valence electrons. The second-order valence-electron chi connectivity index (χ2n) is 25.5. The fourth-order valence-corrected chi connectivity index (χ4v) is 11.3. The van der Waals surface area contributed by atoms with Crippen molar-refractivity contribution in [2.45, 2.75) is 303 Å². The number of phosphoric acid groups is 2. The summed E-state index contributed by atoms with van der Waals surface area (Å²) in [6.07, 6.45) is 89.4. The zero-order valence-electron chi connectivity index (χ0n) is 64.4. The molecule has 3 N–H and O–H groups in total. The van der Waals surface area contributed by atoms with Crippen molar-refractivity contribution in [3.63, 3.8) is 0 Å². The molecule has 104 heavy (non-hydrogen) atoms. The average Bonchev–Trinajstić information content (AvgIpc) is 0.918. The molecule has 0 aromatic rings. The standard InChI is InChI=1S/C85H138O17P2/c1-5-9-13-17-21-25-29-33-37-38-39-40-44-46-50-54-58-62-66-70-83(88)96-76-81(102-85(90)72-68-64-60-56-52-48-43-36-32-28-24-20-16-12-8-4)78-100-104(93,94)98-74-79(86)73-97-103(91,92)99-77-80(101-84(89)71-67-63-59-55-51-47-42-35-31-27-23-19-15-11-7-3)75-95-82(87)69-65-61-57-53-49-45-41-34-30-26-22-18-14-10-6-2/h9,12-13,16,21-28,33-37,39-43,46,50,52,56,64,68,79-81,86H,5-8,10-11,14-15,17-20,29-32,38,44-45,47-49,51,53-55,57-63,65-67,69-78H2,1-4H3,(H,91,92)(H,93,94)/b13-9-,16-12-,25-21-,26-22-,27-23-,28-24-,37-33-,40-39-,41-34-,42-35-,43-36-,50-46-,56-52-,68-64-. The van der Waals surface area contributed by atoms with Crippen LogP contribution in [-0.4, -0.2) is 96.7 Å². The van der Waals surface area contributed by atoms with Crippen LogP contribution in [0.3, 0.4) is 0 Å². The number of carbonyl (C=O) groups is 4. The monoisotopic (exact) mass is 1490 g/mol. The summed E-state index contributed by atoms with van der Waals surface area (Å²) in [4.78, 5) is 72.9. The molecule has 0 aliphatic carbocycles. The van der Waals surface area contributed by atoms with E-state index in [2.05, 4.69) is 174 Å². The fraction of sp³-hybridized carbons (Fsp3) is 0.624. The third-order valence-corrected chi connectivity index (χ3v) is 17.6. The van der Waals surface area contributed by atoms with Crippen molar-refractivity contribution >= 4 is 39.5 Å². The van der Waals surface area contributed by atoms with Gasteiger partial charge in [0.1, 0.15) is 19.3 Å². The molecule has 5 unspecified atom stereocenters. The Balaban J connectivity index is 5.50. The van der Waals surface area contributed by atoms with Gasteiger partial charge < -0.3 is 33.8 Å². The van der Waals surface area contributed by atoms with E-state index < -0.39 is 97.5 Å². The molecule has 0 fully saturated rings. The van der Waals surface area contributed by atoms with E-state index in [0.717, 1.165) is 167 Å². The van der Waals surface area contributed by atoms with Crippen molar-refractivity contribution < 1.29 is 80.2 Å². The summed E-state index contributed by atoms with van der Waals surface area (Å²) in [5, 5.41) is 10.6. The highest BCUT2D eigenvalue weighted by atomic mass is 31.2. The van der Waals surface area contributed by atoms with Crippen LogP contribution in [0.1, 0.15) is 285 Å². The first kappa shape index (κ1) is 98.4. The quantitative estimate of drug-likeness (QED) is 0.0169. The van der Waals surface area contributed by atoms with Crippen LogP contribution < -0.4 is 0 Å². The van der Waals surface area contributed by atoms with Crippen LogP contribution in [0.2, 0.25) is 0 Å². The summed E-state index contributed by atoms with van der Waals surface area (Å²) in [6.45, 7) is 4.39. The number of hydrogen-bond acceptors (Lipinski definition) is 15. The van der Waals surface area contributed by atoms with Crippen molar-refractivity contribution in [3.05, 3.63) is 170 Å². The van der Waals surface area contributed by atoms with E-state index in [1.807, 2.05) is 12.2 Å². The molecule has 0 rings (SSSR count). The lowest BCUT2D eigenvalue weighted by Crippen LogP contribution is -2.30. The molecule has 19 heteroatoms. The number of aliphatic hydroxyl groups is 1. The summed E-state index contributed by atoms with van der Waals surface area (Å²) in [6, 6.07) is 0. The molecule has 0 amide bonds. The maximum absolute atomic E-state index is 13.1. The van der Waals surface area contributed by atoms with Gasteiger partial charge in [0.15, 0.2) is 12.2 Å².